The summed E-state index contributed by atoms with van der Waals surface area (Å²) in [6.45, 7) is 2.99. The fraction of sp³-hybridized carbons (Fsp3) is 0.267. The van der Waals surface area contributed by atoms with Gasteiger partial charge >= 0.3 is 5.97 Å². The molecule has 0 fully saturated rings. The van der Waals surface area contributed by atoms with E-state index in [4.69, 9.17) is 10.5 Å². The normalized spacial score (nSPS) is 14.5. The Kier molecular flexibility index (Phi) is 4.50. The van der Waals surface area contributed by atoms with E-state index in [-0.39, 0.29) is 11.5 Å². The van der Waals surface area contributed by atoms with Crippen LogP contribution < -0.4 is 10.5 Å². The largest absolute Gasteiger partial charge is 0.464 e. The van der Waals surface area contributed by atoms with Crippen LogP contribution in [0, 0.1) is 0 Å². The molecule has 7 heteroatoms. The highest BCUT2D eigenvalue weighted by Gasteiger charge is 2.35. The van der Waals surface area contributed by atoms with Crippen LogP contribution in [0.5, 0.6) is 0 Å². The lowest BCUT2D eigenvalue weighted by molar-refractivity contribution is -0.149. The molecule has 0 spiro atoms. The van der Waals surface area contributed by atoms with Crippen molar-refractivity contribution in [3.8, 4) is 0 Å². The number of rotatable bonds is 5. The second-order valence-electron chi connectivity index (χ2n) is 5.01. The van der Waals surface area contributed by atoms with Gasteiger partial charge in [0, 0.05) is 5.39 Å². The third kappa shape index (κ3) is 3.27. The number of hydrogen-bond acceptors (Lipinski definition) is 5. The summed E-state index contributed by atoms with van der Waals surface area (Å²) in [4.78, 5) is 11.8. The van der Waals surface area contributed by atoms with Gasteiger partial charge in [0.25, 0.3) is 0 Å². The molecule has 0 saturated carbocycles. The Bertz CT molecular complexity index is 795. The van der Waals surface area contributed by atoms with Gasteiger partial charge in [-0.3, -0.25) is 0 Å². The second-order valence-corrected chi connectivity index (χ2v) is 6.66. The first-order chi connectivity index (χ1) is 10.3. The lowest BCUT2D eigenvalue weighted by Crippen LogP contribution is -2.59. The van der Waals surface area contributed by atoms with E-state index in [1.165, 1.54) is 13.0 Å². The lowest BCUT2D eigenvalue weighted by atomic mass is 10.1. The first kappa shape index (κ1) is 16.4. The zero-order valence-electron chi connectivity index (χ0n) is 12.4. The maximum absolute atomic E-state index is 12.6. The van der Waals surface area contributed by atoms with E-state index in [1.807, 2.05) is 6.07 Å². The molecule has 0 aliphatic rings. The summed E-state index contributed by atoms with van der Waals surface area (Å²) in [7, 11) is -3.98. The molecular weight excluding hydrogens is 304 g/mol. The summed E-state index contributed by atoms with van der Waals surface area (Å²) in [5.74, 6) is -0.834. The molecule has 0 amide bonds. The Morgan fingerprint density at radius 1 is 1.23 bits per heavy atom. The van der Waals surface area contributed by atoms with Crippen molar-refractivity contribution in [1.82, 2.24) is 4.72 Å². The summed E-state index contributed by atoms with van der Waals surface area (Å²) in [5, 5.41) is 1.33. The number of sulfonamides is 1. The van der Waals surface area contributed by atoms with Crippen LogP contribution in [0.15, 0.2) is 47.4 Å². The van der Waals surface area contributed by atoms with Crippen LogP contribution in [0.2, 0.25) is 0 Å². The molecule has 0 bridgehead atoms. The number of carbonyl (C=O) groups is 1. The summed E-state index contributed by atoms with van der Waals surface area (Å²) >= 11 is 0. The quantitative estimate of drug-likeness (QED) is 0.639. The Morgan fingerprint density at radius 2 is 1.86 bits per heavy atom. The van der Waals surface area contributed by atoms with Crippen LogP contribution in [-0.2, 0) is 19.6 Å². The highest BCUT2D eigenvalue weighted by Crippen LogP contribution is 2.23. The van der Waals surface area contributed by atoms with Gasteiger partial charge in [-0.25, -0.2) is 13.2 Å². The number of carbonyl (C=O) groups excluding carboxylic acids is 1. The van der Waals surface area contributed by atoms with Crippen LogP contribution in [0.4, 0.5) is 0 Å². The number of nitrogens with two attached hydrogens (primary N) is 1. The topological polar surface area (TPSA) is 98.5 Å². The molecule has 0 aliphatic heterocycles. The number of esters is 1. The van der Waals surface area contributed by atoms with Crippen molar-refractivity contribution in [1.29, 1.82) is 0 Å². The van der Waals surface area contributed by atoms with Crippen LogP contribution >= 0.6 is 0 Å². The van der Waals surface area contributed by atoms with Gasteiger partial charge in [0.2, 0.25) is 10.0 Å². The molecule has 3 N–H and O–H groups in total. The molecule has 6 nitrogen and oxygen atoms in total. The maximum Gasteiger partial charge on any atom is 0.341 e. The van der Waals surface area contributed by atoms with E-state index in [0.717, 1.165) is 5.39 Å². The van der Waals surface area contributed by atoms with Crippen LogP contribution in [-0.4, -0.2) is 26.7 Å². The van der Waals surface area contributed by atoms with E-state index in [0.29, 0.717) is 5.39 Å². The molecule has 118 valence electrons. The van der Waals surface area contributed by atoms with Crippen molar-refractivity contribution in [2.75, 3.05) is 6.61 Å². The van der Waals surface area contributed by atoms with Crippen molar-refractivity contribution < 1.29 is 17.9 Å². The molecule has 0 heterocycles. The fourth-order valence-electron chi connectivity index (χ4n) is 2.09. The highest BCUT2D eigenvalue weighted by atomic mass is 32.2. The lowest BCUT2D eigenvalue weighted by Gasteiger charge is -2.23. The predicted molar refractivity (Wildman–Crippen MR) is 83.5 cm³/mol. The van der Waals surface area contributed by atoms with E-state index in [2.05, 4.69) is 4.72 Å². The molecule has 1 atom stereocenters. The summed E-state index contributed by atoms with van der Waals surface area (Å²) in [5.41, 5.74) is 3.91. The van der Waals surface area contributed by atoms with Gasteiger partial charge in [-0.1, -0.05) is 36.4 Å². The average molecular weight is 322 g/mol. The van der Waals surface area contributed by atoms with Gasteiger partial charge < -0.3 is 10.5 Å². The van der Waals surface area contributed by atoms with Gasteiger partial charge in [-0.2, -0.15) is 4.72 Å². The summed E-state index contributed by atoms with van der Waals surface area (Å²) in [6, 6.07) is 12.0. The molecule has 22 heavy (non-hydrogen) atoms. The van der Waals surface area contributed by atoms with E-state index >= 15 is 0 Å². The van der Waals surface area contributed by atoms with Crippen LogP contribution in [0.25, 0.3) is 10.8 Å². The van der Waals surface area contributed by atoms with Gasteiger partial charge in [0.15, 0.2) is 5.66 Å². The van der Waals surface area contributed by atoms with Crippen LogP contribution in [0.3, 0.4) is 0 Å². The van der Waals surface area contributed by atoms with Gasteiger partial charge in [0.1, 0.15) is 0 Å². The summed E-state index contributed by atoms with van der Waals surface area (Å²) in [6.07, 6.45) is 0. The molecule has 2 rings (SSSR count). The Hall–Kier alpha value is -1.96. The molecule has 0 aromatic heterocycles. The highest BCUT2D eigenvalue weighted by molar-refractivity contribution is 7.89. The molecule has 0 radical (unpaired) electrons. The standard InChI is InChI=1S/C15H18N2O4S/c1-3-21-14(18)15(2,16)17-22(19,20)13-10-6-8-11-7-4-5-9-12(11)13/h4-10,17H,3,16H2,1-2H3. The van der Waals surface area contributed by atoms with E-state index in [9.17, 15) is 13.2 Å². The maximum atomic E-state index is 12.6. The Balaban J connectivity index is 2.44. The van der Waals surface area contributed by atoms with Crippen LogP contribution in [0.1, 0.15) is 13.8 Å². The number of benzene rings is 2. The first-order valence-corrected chi connectivity index (χ1v) is 8.24. The van der Waals surface area contributed by atoms with Gasteiger partial charge in [-0.15, -0.1) is 0 Å². The zero-order valence-corrected chi connectivity index (χ0v) is 13.2. The van der Waals surface area contributed by atoms with Crippen molar-refractivity contribution >= 4 is 26.8 Å². The van der Waals surface area contributed by atoms with E-state index in [1.54, 1.807) is 37.3 Å². The van der Waals surface area contributed by atoms with Crippen molar-refractivity contribution in [2.45, 2.75) is 24.4 Å². The predicted octanol–water partition coefficient (Wildman–Crippen LogP) is 1.36. The van der Waals surface area contributed by atoms with Gasteiger partial charge in [0.05, 0.1) is 11.5 Å². The third-order valence-corrected chi connectivity index (χ3v) is 4.71. The molecule has 0 saturated heterocycles. The minimum Gasteiger partial charge on any atom is -0.464 e. The minimum absolute atomic E-state index is 0.0616. The minimum atomic E-state index is -3.98. The Labute approximate surface area is 129 Å². The average Bonchev–Trinajstić information content (AvgIpc) is 2.46. The molecule has 2 aromatic rings. The second kappa shape index (κ2) is 6.04. The van der Waals surface area contributed by atoms with Gasteiger partial charge in [-0.05, 0) is 25.3 Å². The number of fused-ring (bicyclic) bond motifs is 1. The number of nitrogens with one attached hydrogen (secondary N) is 1. The molecule has 1 unspecified atom stereocenters. The monoisotopic (exact) mass is 322 g/mol. The first-order valence-electron chi connectivity index (χ1n) is 6.76. The molecule has 0 aliphatic carbocycles. The van der Waals surface area contributed by atoms with Crippen molar-refractivity contribution in [2.24, 2.45) is 5.73 Å². The SMILES string of the molecule is CCOC(=O)C(C)(N)NS(=O)(=O)c1cccc2ccccc12. The third-order valence-electron chi connectivity index (χ3n) is 3.08. The Morgan fingerprint density at radius 3 is 2.55 bits per heavy atom. The van der Waals surface area contributed by atoms with Crippen molar-refractivity contribution in [3.05, 3.63) is 42.5 Å². The molecule has 2 aromatic carbocycles. The zero-order chi connectivity index (χ0) is 16.4. The van der Waals surface area contributed by atoms with Crippen molar-refractivity contribution in [3.63, 3.8) is 0 Å². The molecular formula is C15H18N2O4S. The summed E-state index contributed by atoms with van der Waals surface area (Å²) < 4.78 is 32.1. The smallest absolute Gasteiger partial charge is 0.341 e. The number of hydrogen-bond donors (Lipinski definition) is 2. The van der Waals surface area contributed by atoms with E-state index < -0.39 is 21.7 Å². The fourth-order valence-corrected chi connectivity index (χ4v) is 3.57. The number of ether oxygens (including phenoxy) is 1.